The molecule has 0 aliphatic carbocycles. The van der Waals surface area contributed by atoms with Gasteiger partial charge in [0.1, 0.15) is 12.2 Å². The lowest BCUT2D eigenvalue weighted by Gasteiger charge is -2.43. The number of anilines is 1. The van der Waals surface area contributed by atoms with E-state index in [0.29, 0.717) is 19.1 Å². The Bertz CT molecular complexity index is 726. The maximum atomic E-state index is 6.17. The maximum absolute atomic E-state index is 6.17. The molecule has 3 atom stereocenters. The molecule has 2 aliphatic rings. The number of hydrogen-bond donors (Lipinski definition) is 1. The third-order valence-corrected chi connectivity index (χ3v) is 5.15. The van der Waals surface area contributed by atoms with Crippen molar-refractivity contribution < 1.29 is 9.47 Å². The summed E-state index contributed by atoms with van der Waals surface area (Å²) in [5.74, 6) is 0.505. The fourth-order valence-electron chi connectivity index (χ4n) is 3.99. The normalized spacial score (nSPS) is 25.8. The van der Waals surface area contributed by atoms with Gasteiger partial charge in [0.15, 0.2) is 0 Å². The van der Waals surface area contributed by atoms with Crippen molar-refractivity contribution in [2.75, 3.05) is 18.5 Å². The molecule has 126 valence electrons. The third kappa shape index (κ3) is 2.62. The van der Waals surface area contributed by atoms with Crippen molar-refractivity contribution in [1.29, 1.82) is 0 Å². The first-order chi connectivity index (χ1) is 11.6. The summed E-state index contributed by atoms with van der Waals surface area (Å²) >= 11 is 0. The Labute approximate surface area is 144 Å². The van der Waals surface area contributed by atoms with Crippen LogP contribution in [0.4, 0.5) is 5.69 Å². The first kappa shape index (κ1) is 15.7. The molecule has 3 nitrogen and oxygen atoms in total. The first-order valence-electron chi connectivity index (χ1n) is 8.84. The van der Waals surface area contributed by atoms with Crippen molar-refractivity contribution in [3.8, 4) is 0 Å². The molecule has 0 saturated carbocycles. The summed E-state index contributed by atoms with van der Waals surface area (Å²) in [6, 6.07) is 15.2. The zero-order valence-corrected chi connectivity index (χ0v) is 14.6. The SMILES string of the molecule is Cc1cc2c(cc1C(C)C)[C@H]1OCCO[C@H]1[C@H](c1ccccc1)N2. The van der Waals surface area contributed by atoms with Crippen LogP contribution in [0.25, 0.3) is 0 Å². The van der Waals surface area contributed by atoms with Gasteiger partial charge in [-0.15, -0.1) is 0 Å². The molecular weight excluding hydrogens is 298 g/mol. The van der Waals surface area contributed by atoms with Crippen molar-refractivity contribution in [3.63, 3.8) is 0 Å². The summed E-state index contributed by atoms with van der Waals surface area (Å²) in [5.41, 5.74) is 6.38. The second kappa shape index (κ2) is 6.23. The Balaban J connectivity index is 1.80. The Morgan fingerprint density at radius 2 is 1.79 bits per heavy atom. The van der Waals surface area contributed by atoms with Crippen LogP contribution in [0.5, 0.6) is 0 Å². The van der Waals surface area contributed by atoms with E-state index >= 15 is 0 Å². The van der Waals surface area contributed by atoms with Gasteiger partial charge in [-0.2, -0.15) is 0 Å². The number of fused-ring (bicyclic) bond motifs is 3. The molecule has 0 aromatic heterocycles. The molecule has 3 heteroatoms. The van der Waals surface area contributed by atoms with Crippen LogP contribution in [-0.2, 0) is 9.47 Å². The van der Waals surface area contributed by atoms with Crippen LogP contribution in [0.3, 0.4) is 0 Å². The quantitative estimate of drug-likeness (QED) is 0.866. The molecule has 24 heavy (non-hydrogen) atoms. The van der Waals surface area contributed by atoms with Crippen molar-refractivity contribution in [2.45, 2.75) is 44.9 Å². The number of hydrogen-bond acceptors (Lipinski definition) is 3. The van der Waals surface area contributed by atoms with E-state index in [2.05, 4.69) is 68.6 Å². The lowest BCUT2D eigenvalue weighted by Crippen LogP contribution is -2.43. The van der Waals surface area contributed by atoms with E-state index in [1.807, 2.05) is 0 Å². The largest absolute Gasteiger partial charge is 0.375 e. The molecule has 2 aromatic rings. The molecule has 1 N–H and O–H groups in total. The number of rotatable bonds is 2. The second-order valence-electron chi connectivity index (χ2n) is 7.11. The average molecular weight is 323 g/mol. The number of benzene rings is 2. The minimum absolute atomic E-state index is 0.00157. The third-order valence-electron chi connectivity index (χ3n) is 5.15. The highest BCUT2D eigenvalue weighted by atomic mass is 16.6. The lowest BCUT2D eigenvalue weighted by atomic mass is 9.84. The molecule has 0 unspecified atom stereocenters. The van der Waals surface area contributed by atoms with E-state index in [1.54, 1.807) is 0 Å². The summed E-state index contributed by atoms with van der Waals surface area (Å²) in [4.78, 5) is 0. The standard InChI is InChI=1S/C21H25NO2/c1-13(2)16-12-17-18(11-14(16)3)22-19(15-7-5-4-6-8-15)21-20(17)23-9-10-24-21/h4-8,11-13,19-22H,9-10H2,1-3H3/t19-,20+,21-/m0/s1. The van der Waals surface area contributed by atoms with Crippen LogP contribution >= 0.6 is 0 Å². The van der Waals surface area contributed by atoms with Gasteiger partial charge in [-0.25, -0.2) is 0 Å². The molecule has 0 radical (unpaired) electrons. The number of aryl methyl sites for hydroxylation is 1. The van der Waals surface area contributed by atoms with Gasteiger partial charge in [0.2, 0.25) is 0 Å². The smallest absolute Gasteiger partial charge is 0.113 e. The summed E-state index contributed by atoms with van der Waals surface area (Å²) < 4.78 is 12.3. The van der Waals surface area contributed by atoms with Gasteiger partial charge in [0.05, 0.1) is 19.3 Å². The van der Waals surface area contributed by atoms with Crippen LogP contribution < -0.4 is 5.32 Å². The Morgan fingerprint density at radius 3 is 2.54 bits per heavy atom. The molecule has 0 bridgehead atoms. The van der Waals surface area contributed by atoms with Gasteiger partial charge >= 0.3 is 0 Å². The van der Waals surface area contributed by atoms with E-state index in [9.17, 15) is 0 Å². The van der Waals surface area contributed by atoms with Gasteiger partial charge in [0.25, 0.3) is 0 Å². The molecule has 1 fully saturated rings. The molecular formula is C21H25NO2. The average Bonchev–Trinajstić information content (AvgIpc) is 2.61. The van der Waals surface area contributed by atoms with E-state index in [1.165, 1.54) is 27.9 Å². The lowest BCUT2D eigenvalue weighted by molar-refractivity contribution is -0.151. The van der Waals surface area contributed by atoms with Crippen LogP contribution in [0, 0.1) is 6.92 Å². The Morgan fingerprint density at radius 1 is 1.04 bits per heavy atom. The summed E-state index contributed by atoms with van der Waals surface area (Å²) in [6.07, 6.45) is 0.00896. The molecule has 0 spiro atoms. The van der Waals surface area contributed by atoms with E-state index in [-0.39, 0.29) is 18.2 Å². The van der Waals surface area contributed by atoms with Crippen molar-refractivity contribution in [1.82, 2.24) is 0 Å². The first-order valence-corrected chi connectivity index (χ1v) is 8.84. The van der Waals surface area contributed by atoms with Gasteiger partial charge in [-0.1, -0.05) is 50.2 Å². The van der Waals surface area contributed by atoms with E-state index < -0.39 is 0 Å². The van der Waals surface area contributed by atoms with E-state index in [0.717, 1.165) is 0 Å². The molecule has 2 heterocycles. The van der Waals surface area contributed by atoms with E-state index in [4.69, 9.17) is 9.47 Å². The van der Waals surface area contributed by atoms with Gasteiger partial charge in [0, 0.05) is 11.3 Å². The van der Waals surface area contributed by atoms with Crippen LogP contribution in [0.2, 0.25) is 0 Å². The van der Waals surface area contributed by atoms with Gasteiger partial charge in [-0.3, -0.25) is 0 Å². The van der Waals surface area contributed by atoms with Crippen LogP contribution in [-0.4, -0.2) is 19.3 Å². The van der Waals surface area contributed by atoms with Gasteiger partial charge in [-0.05, 0) is 35.6 Å². The second-order valence-corrected chi connectivity index (χ2v) is 7.11. The topological polar surface area (TPSA) is 30.5 Å². The highest BCUT2D eigenvalue weighted by Crippen LogP contribution is 2.45. The van der Waals surface area contributed by atoms with Crippen LogP contribution in [0.15, 0.2) is 42.5 Å². The zero-order valence-electron chi connectivity index (χ0n) is 14.6. The molecule has 0 amide bonds. The minimum atomic E-state index is -0.00157. The summed E-state index contributed by atoms with van der Waals surface area (Å²) in [6.45, 7) is 8.00. The van der Waals surface area contributed by atoms with Crippen molar-refractivity contribution in [3.05, 3.63) is 64.7 Å². The molecule has 2 aromatic carbocycles. The fourth-order valence-corrected chi connectivity index (χ4v) is 3.99. The summed E-state index contributed by atoms with van der Waals surface area (Å²) in [5, 5.41) is 3.71. The highest BCUT2D eigenvalue weighted by molar-refractivity contribution is 5.61. The maximum Gasteiger partial charge on any atom is 0.113 e. The highest BCUT2D eigenvalue weighted by Gasteiger charge is 2.41. The molecule has 1 saturated heterocycles. The summed E-state index contributed by atoms with van der Waals surface area (Å²) in [7, 11) is 0. The Kier molecular flexibility index (Phi) is 4.07. The zero-order chi connectivity index (χ0) is 16.7. The predicted molar refractivity (Wildman–Crippen MR) is 96.5 cm³/mol. The van der Waals surface area contributed by atoms with Gasteiger partial charge < -0.3 is 14.8 Å². The van der Waals surface area contributed by atoms with Crippen molar-refractivity contribution >= 4 is 5.69 Å². The van der Waals surface area contributed by atoms with Crippen LogP contribution in [0.1, 0.15) is 54.2 Å². The number of nitrogens with one attached hydrogen (secondary N) is 1. The fraction of sp³-hybridized carbons (Fsp3) is 0.429. The van der Waals surface area contributed by atoms with Crippen molar-refractivity contribution in [2.24, 2.45) is 0 Å². The molecule has 4 rings (SSSR count). The number of ether oxygens (including phenoxy) is 2. The predicted octanol–water partition coefficient (Wildman–Crippen LogP) is 4.74. The molecule has 2 aliphatic heterocycles. The minimum Gasteiger partial charge on any atom is -0.375 e. The Hall–Kier alpha value is -1.84. The monoisotopic (exact) mass is 323 g/mol.